The molecule has 2 nitrogen and oxygen atoms in total. The van der Waals surface area contributed by atoms with Crippen LogP contribution in [0.15, 0.2) is 46.4 Å². The van der Waals surface area contributed by atoms with E-state index in [1.54, 1.807) is 0 Å². The van der Waals surface area contributed by atoms with Crippen LogP contribution in [0.5, 0.6) is 0 Å². The van der Waals surface area contributed by atoms with Crippen LogP contribution < -0.4 is 0 Å². The summed E-state index contributed by atoms with van der Waals surface area (Å²) in [6.07, 6.45) is 13.8. The molecule has 186 valence electrons. The maximum atomic E-state index is 5.16. The molecule has 0 radical (unpaired) electrons. The predicted molar refractivity (Wildman–Crippen MR) is 153 cm³/mol. The molecule has 2 aromatic rings. The van der Waals surface area contributed by atoms with Gasteiger partial charge in [-0.25, -0.2) is 0 Å². The number of unbranched alkanes of at least 4 members (excludes halogenated alkanes) is 2. The van der Waals surface area contributed by atoms with E-state index < -0.39 is 0 Å². The maximum absolute atomic E-state index is 5.16. The summed E-state index contributed by atoms with van der Waals surface area (Å²) in [6.45, 7) is 13.4. The van der Waals surface area contributed by atoms with Gasteiger partial charge in [0, 0.05) is 0 Å². The summed E-state index contributed by atoms with van der Waals surface area (Å²) in [5.41, 5.74) is 10.2. The zero-order valence-electron chi connectivity index (χ0n) is 22.8. The Morgan fingerprint density at radius 2 is 1.03 bits per heavy atom. The molecule has 0 amide bonds. The Hall–Kier alpha value is -2.22. The third-order valence-corrected chi connectivity index (χ3v) is 6.45. The summed E-state index contributed by atoms with van der Waals surface area (Å²) in [7, 11) is 0. The van der Waals surface area contributed by atoms with Crippen molar-refractivity contribution in [1.29, 1.82) is 0 Å². The average Bonchev–Trinajstić information content (AvgIpc) is 2.82. The van der Waals surface area contributed by atoms with Crippen molar-refractivity contribution in [2.24, 2.45) is 9.98 Å². The van der Waals surface area contributed by atoms with E-state index in [2.05, 4.69) is 77.9 Å². The number of benzene rings is 2. The van der Waals surface area contributed by atoms with Gasteiger partial charge in [0.2, 0.25) is 0 Å². The van der Waals surface area contributed by atoms with Gasteiger partial charge in [-0.1, -0.05) is 85.3 Å². The van der Waals surface area contributed by atoms with Gasteiger partial charge in [0.05, 0.1) is 22.8 Å². The molecule has 2 rings (SSSR count). The largest absolute Gasteiger partial charge is 0.252 e. The minimum atomic E-state index is 0.985. The molecule has 0 unspecified atom stereocenters. The summed E-state index contributed by atoms with van der Waals surface area (Å²) in [4.78, 5) is 10.2. The molecular weight excluding hydrogens is 412 g/mol. The quantitative estimate of drug-likeness (QED) is 0.186. The molecule has 0 aliphatic heterocycles. The normalized spacial score (nSPS) is 12.4. The predicted octanol–water partition coefficient (Wildman–Crippen LogP) is 9.94. The fourth-order valence-corrected chi connectivity index (χ4v) is 4.67. The van der Waals surface area contributed by atoms with Crippen LogP contribution in [0.4, 0.5) is 11.4 Å². The Kier molecular flexibility index (Phi) is 12.9. The first-order chi connectivity index (χ1) is 16.6. The third-order valence-electron chi connectivity index (χ3n) is 6.45. The molecular formula is C32H48N2. The Bertz CT molecular complexity index is 936. The number of aliphatic imine (C=N–C) groups is 2. The molecule has 0 heterocycles. The second-order valence-corrected chi connectivity index (χ2v) is 9.62. The number of nitrogens with zero attached hydrogens (tertiary/aromatic N) is 2. The van der Waals surface area contributed by atoms with Gasteiger partial charge < -0.3 is 0 Å². The van der Waals surface area contributed by atoms with Gasteiger partial charge in [-0.05, 0) is 92.0 Å². The van der Waals surface area contributed by atoms with Crippen molar-refractivity contribution in [2.75, 3.05) is 0 Å². The van der Waals surface area contributed by atoms with Crippen molar-refractivity contribution in [2.45, 2.75) is 119 Å². The molecule has 0 aliphatic rings. The van der Waals surface area contributed by atoms with Crippen LogP contribution in [0, 0.1) is 0 Å². The van der Waals surface area contributed by atoms with Gasteiger partial charge in [0.15, 0.2) is 0 Å². The first kappa shape index (κ1) is 28.0. The smallest absolute Gasteiger partial charge is 0.0636 e. The van der Waals surface area contributed by atoms with Gasteiger partial charge in [-0.15, -0.1) is 0 Å². The van der Waals surface area contributed by atoms with E-state index in [0.29, 0.717) is 0 Å². The van der Waals surface area contributed by atoms with E-state index >= 15 is 0 Å². The molecule has 0 saturated heterocycles. The van der Waals surface area contributed by atoms with Crippen molar-refractivity contribution in [3.05, 3.63) is 58.7 Å². The van der Waals surface area contributed by atoms with E-state index in [1.165, 1.54) is 60.8 Å². The topological polar surface area (TPSA) is 24.7 Å². The highest BCUT2D eigenvalue weighted by Crippen LogP contribution is 2.24. The molecule has 34 heavy (non-hydrogen) atoms. The molecule has 0 atom stereocenters. The summed E-state index contributed by atoms with van der Waals surface area (Å²) in [5.74, 6) is 0. The van der Waals surface area contributed by atoms with Crippen LogP contribution in [-0.2, 0) is 25.7 Å². The summed E-state index contributed by atoms with van der Waals surface area (Å²) >= 11 is 0. The number of hydrogen-bond acceptors (Lipinski definition) is 2. The highest BCUT2D eigenvalue weighted by atomic mass is 14.8. The van der Waals surface area contributed by atoms with Crippen molar-refractivity contribution in [3.63, 3.8) is 0 Å². The summed E-state index contributed by atoms with van der Waals surface area (Å²) in [6, 6.07) is 13.6. The SMILES string of the molecule is CCCCCC(=Nc1ccc(CCC)c(CCC)c1)C(C)=Nc1ccc(CCC)c(CCC)c1. The second kappa shape index (κ2) is 15.6. The van der Waals surface area contributed by atoms with Gasteiger partial charge in [0.25, 0.3) is 0 Å². The molecule has 0 aliphatic carbocycles. The Labute approximate surface area is 210 Å². The molecule has 2 heteroatoms. The van der Waals surface area contributed by atoms with Crippen LogP contribution in [0.2, 0.25) is 0 Å². The number of aryl methyl sites for hydroxylation is 4. The van der Waals surface area contributed by atoms with Crippen molar-refractivity contribution in [1.82, 2.24) is 0 Å². The van der Waals surface area contributed by atoms with E-state index in [1.807, 2.05) is 0 Å². The Morgan fingerprint density at radius 3 is 1.50 bits per heavy atom. The van der Waals surface area contributed by atoms with E-state index in [4.69, 9.17) is 9.98 Å². The lowest BCUT2D eigenvalue weighted by molar-refractivity contribution is 0.743. The van der Waals surface area contributed by atoms with Gasteiger partial charge >= 0.3 is 0 Å². The first-order valence-corrected chi connectivity index (χ1v) is 13.9. The Morgan fingerprint density at radius 1 is 0.559 bits per heavy atom. The lowest BCUT2D eigenvalue weighted by atomic mass is 9.98. The summed E-state index contributed by atoms with van der Waals surface area (Å²) in [5, 5.41) is 0. The van der Waals surface area contributed by atoms with Crippen LogP contribution in [0.25, 0.3) is 0 Å². The molecule has 0 fully saturated rings. The molecule has 0 aromatic heterocycles. The highest BCUT2D eigenvalue weighted by molar-refractivity contribution is 6.42. The van der Waals surface area contributed by atoms with Crippen molar-refractivity contribution >= 4 is 22.8 Å². The van der Waals surface area contributed by atoms with E-state index in [-0.39, 0.29) is 0 Å². The van der Waals surface area contributed by atoms with Crippen LogP contribution in [-0.4, -0.2) is 11.4 Å². The number of hydrogen-bond donors (Lipinski definition) is 0. The minimum absolute atomic E-state index is 0.985. The molecule has 0 N–H and O–H groups in total. The molecule has 2 aromatic carbocycles. The maximum Gasteiger partial charge on any atom is 0.0636 e. The van der Waals surface area contributed by atoms with E-state index in [9.17, 15) is 0 Å². The van der Waals surface area contributed by atoms with Crippen LogP contribution in [0.3, 0.4) is 0 Å². The third kappa shape index (κ3) is 8.85. The van der Waals surface area contributed by atoms with Gasteiger partial charge in [0.1, 0.15) is 0 Å². The van der Waals surface area contributed by atoms with E-state index in [0.717, 1.165) is 61.3 Å². The lowest BCUT2D eigenvalue weighted by Gasteiger charge is -2.12. The minimum Gasteiger partial charge on any atom is -0.252 e. The fourth-order valence-electron chi connectivity index (χ4n) is 4.67. The summed E-state index contributed by atoms with van der Waals surface area (Å²) < 4.78 is 0. The first-order valence-electron chi connectivity index (χ1n) is 13.9. The van der Waals surface area contributed by atoms with Crippen molar-refractivity contribution < 1.29 is 0 Å². The monoisotopic (exact) mass is 460 g/mol. The van der Waals surface area contributed by atoms with Crippen molar-refractivity contribution in [3.8, 4) is 0 Å². The zero-order valence-corrected chi connectivity index (χ0v) is 22.8. The molecule has 0 spiro atoms. The molecule has 0 bridgehead atoms. The molecule has 0 saturated carbocycles. The lowest BCUT2D eigenvalue weighted by Crippen LogP contribution is -2.10. The fraction of sp³-hybridized carbons (Fsp3) is 0.562. The zero-order chi connectivity index (χ0) is 24.8. The van der Waals surface area contributed by atoms with Crippen LogP contribution >= 0.6 is 0 Å². The standard InChI is InChI=1S/C32H48N2/c1-7-12-13-18-32(34-31-22-20-27(15-9-3)29(24-31)17-11-5)25(6)33-30-21-19-26(14-8-2)28(23-30)16-10-4/h19-24H,7-18H2,1-6H3. The van der Waals surface area contributed by atoms with Gasteiger partial charge in [-0.2, -0.15) is 0 Å². The number of rotatable bonds is 15. The average molecular weight is 461 g/mol. The van der Waals surface area contributed by atoms with Crippen LogP contribution in [0.1, 0.15) is 115 Å². The van der Waals surface area contributed by atoms with Gasteiger partial charge in [-0.3, -0.25) is 9.98 Å². The second-order valence-electron chi connectivity index (χ2n) is 9.62. The highest BCUT2D eigenvalue weighted by Gasteiger charge is 2.09. The Balaban J connectivity index is 2.41.